The van der Waals surface area contributed by atoms with Gasteiger partial charge in [-0.1, -0.05) is 96.3 Å². The highest BCUT2D eigenvalue weighted by atomic mass is 15.1. The molecular formula is C35H44BN3. The molecule has 3 nitrogen and oxygen atoms in total. The molecule has 0 spiro atoms. The fourth-order valence-electron chi connectivity index (χ4n) is 7.67. The van der Waals surface area contributed by atoms with Gasteiger partial charge in [0.05, 0.1) is 11.0 Å². The molecule has 0 saturated carbocycles. The van der Waals surface area contributed by atoms with Gasteiger partial charge < -0.3 is 9.71 Å². The number of benzene rings is 3. The molecule has 4 heteroatoms. The fourth-order valence-corrected chi connectivity index (χ4v) is 7.67. The Morgan fingerprint density at radius 1 is 0.897 bits per heavy atom. The standard InChI is InChI=1S/C35H44BN3/c1-12-21(3)24-14-13-15-27-30(24)32-37-28-18-25-26(34(8,9)35(10,11)33(25,6)7)19-29(28)39(32)36(38-27)31-22(4)16-20(2)17-23(31)5/h13-19,21,38H,12H2,1-11H3. The molecular weight excluding hydrogens is 473 g/mol. The molecule has 0 fully saturated rings. The van der Waals surface area contributed by atoms with E-state index in [0.29, 0.717) is 5.92 Å². The zero-order valence-electron chi connectivity index (χ0n) is 25.8. The van der Waals surface area contributed by atoms with Crippen LogP contribution in [0, 0.1) is 26.2 Å². The number of nitrogens with one attached hydrogen (secondary N) is 1. The number of hydrogen-bond acceptors (Lipinski definition) is 2. The van der Waals surface area contributed by atoms with Crippen LogP contribution in [0.4, 0.5) is 5.69 Å². The molecule has 0 amide bonds. The summed E-state index contributed by atoms with van der Waals surface area (Å²) >= 11 is 0. The predicted octanol–water partition coefficient (Wildman–Crippen LogP) is 8.41. The van der Waals surface area contributed by atoms with E-state index in [2.05, 4.69) is 128 Å². The minimum absolute atomic E-state index is 0.0196. The molecule has 0 radical (unpaired) electrons. The van der Waals surface area contributed by atoms with Crippen molar-refractivity contribution in [2.75, 3.05) is 5.23 Å². The molecule has 0 bridgehead atoms. The lowest BCUT2D eigenvalue weighted by Gasteiger charge is -2.44. The molecule has 1 N–H and O–H groups in total. The molecule has 1 aromatic heterocycles. The van der Waals surface area contributed by atoms with Gasteiger partial charge >= 0.3 is 6.98 Å². The van der Waals surface area contributed by atoms with E-state index in [9.17, 15) is 0 Å². The molecule has 1 aliphatic carbocycles. The molecule has 1 atom stereocenters. The predicted molar refractivity (Wildman–Crippen MR) is 169 cm³/mol. The second kappa shape index (κ2) is 8.25. The van der Waals surface area contributed by atoms with Crippen LogP contribution in [-0.2, 0) is 10.8 Å². The number of hydrogen-bond donors (Lipinski definition) is 1. The SMILES string of the molecule is CCC(C)c1cccc2c1-c1nc3cc4c(cc3n1B(c1c(C)cc(C)cc1C)N2)C(C)(C)C(C)(C)C4(C)C. The number of nitrogens with zero attached hydrogens (tertiary/aromatic N) is 2. The van der Waals surface area contributed by atoms with Crippen molar-refractivity contribution >= 4 is 29.2 Å². The summed E-state index contributed by atoms with van der Waals surface area (Å²) in [6, 6.07) is 16.3. The zero-order valence-corrected chi connectivity index (χ0v) is 25.8. The Hall–Kier alpha value is -3.01. The normalized spacial score (nSPS) is 18.9. The molecule has 4 aromatic rings. The van der Waals surface area contributed by atoms with E-state index >= 15 is 0 Å². The Balaban J connectivity index is 1.72. The Morgan fingerprint density at radius 2 is 1.51 bits per heavy atom. The summed E-state index contributed by atoms with van der Waals surface area (Å²) in [5, 5.41) is 4.01. The first-order valence-corrected chi connectivity index (χ1v) is 14.8. The van der Waals surface area contributed by atoms with Crippen LogP contribution in [0.1, 0.15) is 101 Å². The molecule has 2 aliphatic rings. The van der Waals surface area contributed by atoms with Gasteiger partial charge in [-0.2, -0.15) is 0 Å². The van der Waals surface area contributed by atoms with E-state index in [0.717, 1.165) is 17.8 Å². The van der Waals surface area contributed by atoms with Crippen LogP contribution < -0.4 is 10.7 Å². The third-order valence-corrected chi connectivity index (χ3v) is 11.3. The maximum Gasteiger partial charge on any atom is 0.415 e. The summed E-state index contributed by atoms with van der Waals surface area (Å²) < 4.78 is 2.52. The van der Waals surface area contributed by atoms with E-state index in [4.69, 9.17) is 4.98 Å². The van der Waals surface area contributed by atoms with E-state index in [1.807, 2.05) is 0 Å². The van der Waals surface area contributed by atoms with Crippen molar-refractivity contribution in [2.45, 2.75) is 99.3 Å². The van der Waals surface area contributed by atoms with Gasteiger partial charge in [-0.3, -0.25) is 0 Å². The summed E-state index contributed by atoms with van der Waals surface area (Å²) in [4.78, 5) is 5.49. The zero-order chi connectivity index (χ0) is 28.2. The van der Waals surface area contributed by atoms with Crippen LogP contribution in [0.2, 0.25) is 0 Å². The summed E-state index contributed by atoms with van der Waals surface area (Å²) in [6.07, 6.45) is 1.10. The second-order valence-electron chi connectivity index (χ2n) is 14.0. The van der Waals surface area contributed by atoms with Crippen molar-refractivity contribution in [1.29, 1.82) is 0 Å². The minimum Gasteiger partial charge on any atom is -0.404 e. The number of aromatic nitrogens is 2. The maximum absolute atomic E-state index is 5.49. The summed E-state index contributed by atoms with van der Waals surface area (Å²) in [5.74, 6) is 1.55. The highest BCUT2D eigenvalue weighted by Crippen LogP contribution is 2.62. The van der Waals surface area contributed by atoms with Crippen LogP contribution >= 0.6 is 0 Å². The van der Waals surface area contributed by atoms with Gasteiger partial charge in [-0.25, -0.2) is 4.98 Å². The summed E-state index contributed by atoms with van der Waals surface area (Å²) in [5.41, 5.74) is 14.6. The van der Waals surface area contributed by atoms with Gasteiger partial charge in [0.25, 0.3) is 0 Å². The largest absolute Gasteiger partial charge is 0.415 e. The average molecular weight is 518 g/mol. The molecule has 202 valence electrons. The van der Waals surface area contributed by atoms with Crippen LogP contribution in [-0.4, -0.2) is 16.4 Å². The second-order valence-corrected chi connectivity index (χ2v) is 14.0. The average Bonchev–Trinajstić information content (AvgIpc) is 3.28. The number of fused-ring (bicyclic) bond motifs is 6. The summed E-state index contributed by atoms with van der Waals surface area (Å²) in [6.45, 7) is 25.9. The number of rotatable bonds is 3. The van der Waals surface area contributed by atoms with Crippen molar-refractivity contribution in [3.05, 3.63) is 75.8 Å². The molecule has 3 aromatic carbocycles. The first-order valence-electron chi connectivity index (χ1n) is 14.8. The Kier molecular flexibility index (Phi) is 5.55. The monoisotopic (exact) mass is 517 g/mol. The van der Waals surface area contributed by atoms with Crippen LogP contribution in [0.25, 0.3) is 22.4 Å². The number of aryl methyl sites for hydroxylation is 3. The lowest BCUT2D eigenvalue weighted by molar-refractivity contribution is 0.125. The van der Waals surface area contributed by atoms with Gasteiger partial charge in [0, 0.05) is 11.3 Å². The quantitative estimate of drug-likeness (QED) is 0.277. The molecule has 2 heterocycles. The van der Waals surface area contributed by atoms with E-state index < -0.39 is 0 Å². The van der Waals surface area contributed by atoms with Crippen LogP contribution in [0.5, 0.6) is 0 Å². The van der Waals surface area contributed by atoms with Crippen molar-refractivity contribution in [1.82, 2.24) is 9.46 Å². The third-order valence-electron chi connectivity index (χ3n) is 11.3. The Bertz CT molecular complexity index is 1630. The van der Waals surface area contributed by atoms with Crippen molar-refractivity contribution in [3.63, 3.8) is 0 Å². The van der Waals surface area contributed by atoms with E-state index in [1.54, 1.807) is 0 Å². The highest BCUT2D eigenvalue weighted by molar-refractivity contribution is 6.77. The van der Waals surface area contributed by atoms with Gasteiger partial charge in [0.1, 0.15) is 5.82 Å². The lowest BCUT2D eigenvalue weighted by atomic mass is 9.59. The van der Waals surface area contributed by atoms with E-state index in [-0.39, 0.29) is 23.2 Å². The molecule has 0 saturated heterocycles. The Morgan fingerprint density at radius 3 is 2.13 bits per heavy atom. The van der Waals surface area contributed by atoms with Gasteiger partial charge in [0.2, 0.25) is 0 Å². The summed E-state index contributed by atoms with van der Waals surface area (Å²) in [7, 11) is 0. The first-order chi connectivity index (χ1) is 18.2. The minimum atomic E-state index is -0.0196. The molecule has 1 unspecified atom stereocenters. The fraction of sp³-hybridized carbons (Fsp3) is 0.457. The Labute approximate surface area is 235 Å². The van der Waals surface area contributed by atoms with Gasteiger partial charge in [0.15, 0.2) is 0 Å². The molecule has 39 heavy (non-hydrogen) atoms. The molecule has 6 rings (SSSR count). The smallest absolute Gasteiger partial charge is 0.404 e. The van der Waals surface area contributed by atoms with Crippen molar-refractivity contribution < 1.29 is 0 Å². The lowest BCUT2D eigenvalue weighted by Crippen LogP contribution is -2.50. The van der Waals surface area contributed by atoms with Crippen molar-refractivity contribution in [3.8, 4) is 11.4 Å². The third kappa shape index (κ3) is 3.33. The highest BCUT2D eigenvalue weighted by Gasteiger charge is 2.57. The molecule has 1 aliphatic heterocycles. The van der Waals surface area contributed by atoms with Gasteiger partial charge in [-0.05, 0) is 89.7 Å². The van der Waals surface area contributed by atoms with Gasteiger partial charge in [-0.15, -0.1) is 0 Å². The topological polar surface area (TPSA) is 29.9 Å². The van der Waals surface area contributed by atoms with Crippen LogP contribution in [0.15, 0.2) is 42.5 Å². The van der Waals surface area contributed by atoms with E-state index in [1.165, 1.54) is 55.6 Å². The number of imidazole rings is 1. The van der Waals surface area contributed by atoms with Crippen molar-refractivity contribution in [2.24, 2.45) is 5.41 Å². The first kappa shape index (κ1) is 26.2. The van der Waals surface area contributed by atoms with Crippen LogP contribution in [0.3, 0.4) is 0 Å². The maximum atomic E-state index is 5.49. The number of anilines is 1.